The van der Waals surface area contributed by atoms with E-state index in [4.69, 9.17) is 14.0 Å². The second kappa shape index (κ2) is 6.16. The van der Waals surface area contributed by atoms with Gasteiger partial charge in [0.1, 0.15) is 0 Å². The summed E-state index contributed by atoms with van der Waals surface area (Å²) >= 11 is 0. The maximum atomic E-state index is 6.02. The van der Waals surface area contributed by atoms with Gasteiger partial charge in [0.15, 0.2) is 0 Å². The van der Waals surface area contributed by atoms with Crippen molar-refractivity contribution in [3.05, 3.63) is 0 Å². The van der Waals surface area contributed by atoms with Crippen LogP contribution in [0.25, 0.3) is 0 Å². The molecule has 0 radical (unpaired) electrons. The van der Waals surface area contributed by atoms with Crippen LogP contribution in [0.5, 0.6) is 0 Å². The number of rotatable bonds is 4. The highest BCUT2D eigenvalue weighted by molar-refractivity contribution is 6.51. The molecule has 2 atom stereocenters. The summed E-state index contributed by atoms with van der Waals surface area (Å²) in [6.45, 7) is 12.0. The normalized spacial score (nSPS) is 30.9. The Kier molecular flexibility index (Phi) is 4.93. The molecule has 2 aliphatic heterocycles. The molecular weight excluding hydrogens is 253 g/mol. The molecule has 0 aromatic heterocycles. The standard InChI is InChI=1S/C15H28BNO3/c1-12(10-17-11-13-8-6-7-9-18-13)16-19-14(2,3)15(4,5)20-16/h10,12-13H,6-9,11H2,1-5H3/t12?,13-/m0/s1. The van der Waals surface area contributed by atoms with Crippen molar-refractivity contribution in [2.75, 3.05) is 13.2 Å². The van der Waals surface area contributed by atoms with Crippen LogP contribution >= 0.6 is 0 Å². The lowest BCUT2D eigenvalue weighted by Gasteiger charge is -2.32. The molecule has 0 spiro atoms. The number of aliphatic imine (C=N–C) groups is 1. The fourth-order valence-electron chi connectivity index (χ4n) is 2.47. The zero-order valence-corrected chi connectivity index (χ0v) is 13.5. The van der Waals surface area contributed by atoms with Gasteiger partial charge in [-0.3, -0.25) is 4.99 Å². The van der Waals surface area contributed by atoms with Crippen molar-refractivity contribution in [1.29, 1.82) is 0 Å². The maximum Gasteiger partial charge on any atom is 0.466 e. The fraction of sp³-hybridized carbons (Fsp3) is 0.933. The molecule has 0 amide bonds. The Bertz CT molecular complexity index is 335. The Labute approximate surface area is 123 Å². The molecule has 1 unspecified atom stereocenters. The molecule has 0 N–H and O–H groups in total. The van der Waals surface area contributed by atoms with E-state index >= 15 is 0 Å². The predicted molar refractivity (Wildman–Crippen MR) is 82.5 cm³/mol. The first-order valence-electron chi connectivity index (χ1n) is 7.79. The molecular formula is C15H28BNO3. The molecule has 0 aromatic rings. The van der Waals surface area contributed by atoms with Gasteiger partial charge in [-0.05, 0) is 53.2 Å². The minimum atomic E-state index is -0.272. The highest BCUT2D eigenvalue weighted by Gasteiger charge is 2.52. The lowest BCUT2D eigenvalue weighted by molar-refractivity contribution is 0.00578. The van der Waals surface area contributed by atoms with Crippen LogP contribution < -0.4 is 0 Å². The predicted octanol–water partition coefficient (Wildman–Crippen LogP) is 3.11. The molecule has 2 fully saturated rings. The van der Waals surface area contributed by atoms with Gasteiger partial charge in [-0.15, -0.1) is 0 Å². The van der Waals surface area contributed by atoms with Crippen molar-refractivity contribution in [1.82, 2.24) is 0 Å². The Morgan fingerprint density at radius 1 is 1.20 bits per heavy atom. The van der Waals surface area contributed by atoms with Gasteiger partial charge in [0.2, 0.25) is 0 Å². The Hall–Kier alpha value is -0.385. The largest absolute Gasteiger partial charge is 0.466 e. The van der Waals surface area contributed by atoms with E-state index in [9.17, 15) is 0 Å². The summed E-state index contributed by atoms with van der Waals surface area (Å²) in [6, 6.07) is 0. The molecule has 114 valence electrons. The summed E-state index contributed by atoms with van der Waals surface area (Å²) < 4.78 is 17.7. The number of hydrogen-bond donors (Lipinski definition) is 0. The quantitative estimate of drug-likeness (QED) is 0.587. The second-order valence-corrected chi connectivity index (χ2v) is 6.99. The Morgan fingerprint density at radius 2 is 1.85 bits per heavy atom. The lowest BCUT2D eigenvalue weighted by atomic mass is 9.74. The van der Waals surface area contributed by atoms with Crippen molar-refractivity contribution in [2.24, 2.45) is 4.99 Å². The molecule has 2 heterocycles. The van der Waals surface area contributed by atoms with Gasteiger partial charge in [0, 0.05) is 12.4 Å². The van der Waals surface area contributed by atoms with E-state index in [1.54, 1.807) is 0 Å². The summed E-state index contributed by atoms with van der Waals surface area (Å²) in [5, 5.41) is 0. The topological polar surface area (TPSA) is 40.0 Å². The monoisotopic (exact) mass is 281 g/mol. The first kappa shape index (κ1) is 16.0. The highest BCUT2D eigenvalue weighted by Crippen LogP contribution is 2.39. The van der Waals surface area contributed by atoms with Crippen molar-refractivity contribution in [3.63, 3.8) is 0 Å². The van der Waals surface area contributed by atoms with Crippen LogP contribution in [0.3, 0.4) is 0 Å². The fourth-order valence-corrected chi connectivity index (χ4v) is 2.47. The van der Waals surface area contributed by atoms with Crippen molar-refractivity contribution < 1.29 is 14.0 Å². The summed E-state index contributed by atoms with van der Waals surface area (Å²) in [5.74, 6) is 0.152. The van der Waals surface area contributed by atoms with Gasteiger partial charge in [-0.2, -0.15) is 0 Å². The zero-order valence-electron chi connectivity index (χ0n) is 13.5. The minimum Gasteiger partial charge on any atom is -0.403 e. The Balaban J connectivity index is 1.81. The van der Waals surface area contributed by atoms with E-state index in [1.165, 1.54) is 12.8 Å². The molecule has 4 nitrogen and oxygen atoms in total. The van der Waals surface area contributed by atoms with Crippen LogP contribution in [0.1, 0.15) is 53.9 Å². The summed E-state index contributed by atoms with van der Waals surface area (Å²) in [6.07, 6.45) is 5.82. The molecule has 5 heteroatoms. The maximum absolute atomic E-state index is 6.02. The van der Waals surface area contributed by atoms with Crippen molar-refractivity contribution in [3.8, 4) is 0 Å². The SMILES string of the molecule is CC(C=NC[C@@H]1CCCCO1)B1OC(C)(C)C(C)(C)O1. The van der Waals surface area contributed by atoms with Gasteiger partial charge in [-0.1, -0.05) is 6.92 Å². The molecule has 20 heavy (non-hydrogen) atoms. The van der Waals surface area contributed by atoms with Crippen LogP contribution in [0, 0.1) is 0 Å². The molecule has 2 aliphatic rings. The second-order valence-electron chi connectivity index (χ2n) is 6.99. The highest BCUT2D eigenvalue weighted by atomic mass is 16.7. The zero-order chi connectivity index (χ0) is 14.8. The van der Waals surface area contributed by atoms with Crippen LogP contribution in [-0.2, 0) is 14.0 Å². The third-order valence-electron chi connectivity index (χ3n) is 4.62. The van der Waals surface area contributed by atoms with Gasteiger partial charge in [0.05, 0.1) is 23.9 Å². The van der Waals surface area contributed by atoms with Gasteiger partial charge < -0.3 is 14.0 Å². The molecule has 0 aromatic carbocycles. The lowest BCUT2D eigenvalue weighted by Crippen LogP contribution is -2.41. The molecule has 0 bridgehead atoms. The van der Waals surface area contributed by atoms with Crippen LogP contribution in [0.2, 0.25) is 5.82 Å². The van der Waals surface area contributed by atoms with E-state index in [1.807, 2.05) is 6.21 Å². The average molecular weight is 281 g/mol. The van der Waals surface area contributed by atoms with Gasteiger partial charge in [-0.25, -0.2) is 0 Å². The summed E-state index contributed by atoms with van der Waals surface area (Å²) in [5.41, 5.74) is -0.543. The summed E-state index contributed by atoms with van der Waals surface area (Å²) in [4.78, 5) is 4.53. The molecule has 2 saturated heterocycles. The van der Waals surface area contributed by atoms with Gasteiger partial charge >= 0.3 is 7.12 Å². The van der Waals surface area contributed by atoms with Crippen molar-refractivity contribution in [2.45, 2.75) is 77.0 Å². The minimum absolute atomic E-state index is 0.152. The van der Waals surface area contributed by atoms with E-state index < -0.39 is 0 Å². The third kappa shape index (κ3) is 3.63. The van der Waals surface area contributed by atoms with E-state index in [0.29, 0.717) is 6.10 Å². The smallest absolute Gasteiger partial charge is 0.403 e. The first-order valence-corrected chi connectivity index (χ1v) is 7.79. The van der Waals surface area contributed by atoms with Gasteiger partial charge in [0.25, 0.3) is 0 Å². The summed E-state index contributed by atoms with van der Waals surface area (Å²) in [7, 11) is -0.212. The van der Waals surface area contributed by atoms with Crippen LogP contribution in [0.15, 0.2) is 4.99 Å². The van der Waals surface area contributed by atoms with E-state index in [-0.39, 0.29) is 24.1 Å². The third-order valence-corrected chi connectivity index (χ3v) is 4.62. The van der Waals surface area contributed by atoms with Crippen molar-refractivity contribution >= 4 is 13.3 Å². The molecule has 0 aliphatic carbocycles. The van der Waals surface area contributed by atoms with Crippen LogP contribution in [0.4, 0.5) is 0 Å². The van der Waals surface area contributed by atoms with E-state index in [2.05, 4.69) is 39.6 Å². The first-order chi connectivity index (χ1) is 9.32. The Morgan fingerprint density at radius 3 is 2.40 bits per heavy atom. The number of ether oxygens (including phenoxy) is 1. The van der Waals surface area contributed by atoms with E-state index in [0.717, 1.165) is 19.6 Å². The number of hydrogen-bond acceptors (Lipinski definition) is 4. The number of nitrogens with zero attached hydrogens (tertiary/aromatic N) is 1. The molecule has 2 rings (SSSR count). The average Bonchev–Trinajstić information content (AvgIpc) is 2.60. The van der Waals surface area contributed by atoms with Crippen LogP contribution in [-0.4, -0.2) is 43.8 Å². The molecule has 0 saturated carbocycles.